The van der Waals surface area contributed by atoms with Crippen LogP contribution in [0, 0.1) is 0 Å². The second kappa shape index (κ2) is 5.45. The molecule has 0 heterocycles. The Bertz CT molecular complexity index is 359. The quantitative estimate of drug-likeness (QED) is 0.884. The van der Waals surface area contributed by atoms with Gasteiger partial charge in [0, 0.05) is 12.1 Å². The van der Waals surface area contributed by atoms with Gasteiger partial charge in [0.1, 0.15) is 0 Å². The second-order valence-corrected chi connectivity index (χ2v) is 4.02. The Labute approximate surface area is 103 Å². The van der Waals surface area contributed by atoms with E-state index in [-0.39, 0.29) is 12.5 Å². The molecule has 1 amide bonds. The van der Waals surface area contributed by atoms with Crippen molar-refractivity contribution in [3.8, 4) is 0 Å². The minimum atomic E-state index is -0.155. The van der Waals surface area contributed by atoms with Gasteiger partial charge in [0.15, 0.2) is 0 Å². The van der Waals surface area contributed by atoms with Crippen LogP contribution in [0.25, 0.3) is 0 Å². The molecule has 0 aliphatic heterocycles. The smallest absolute Gasteiger partial charge is 0.239 e. The van der Waals surface area contributed by atoms with Gasteiger partial charge in [-0.1, -0.05) is 34.8 Å². The van der Waals surface area contributed by atoms with Gasteiger partial charge in [0.25, 0.3) is 0 Å². The van der Waals surface area contributed by atoms with Crippen LogP contribution in [-0.2, 0) is 4.79 Å². The number of rotatable bonds is 3. The summed E-state index contributed by atoms with van der Waals surface area (Å²) in [6, 6.07) is 3.11. The zero-order valence-corrected chi connectivity index (χ0v) is 10.2. The van der Waals surface area contributed by atoms with Crippen LogP contribution in [-0.4, -0.2) is 19.5 Å². The lowest BCUT2D eigenvalue weighted by molar-refractivity contribution is -0.118. The maximum Gasteiger partial charge on any atom is 0.239 e. The molecule has 0 fully saturated rings. The number of hydrogen-bond donors (Lipinski definition) is 2. The van der Waals surface area contributed by atoms with Crippen molar-refractivity contribution in [3.63, 3.8) is 0 Å². The summed E-state index contributed by atoms with van der Waals surface area (Å²) in [6.07, 6.45) is 0. The van der Waals surface area contributed by atoms with Gasteiger partial charge in [-0.05, 0) is 12.1 Å². The molecular formula is C9H9Cl3N2O. The molecule has 0 saturated heterocycles. The fraction of sp³-hybridized carbons (Fsp3) is 0.222. The summed E-state index contributed by atoms with van der Waals surface area (Å²) in [5, 5.41) is 6.52. The van der Waals surface area contributed by atoms with E-state index in [1.165, 1.54) is 0 Å². The molecule has 1 aromatic rings. The molecule has 15 heavy (non-hydrogen) atoms. The fourth-order valence-corrected chi connectivity index (χ4v) is 1.92. The summed E-state index contributed by atoms with van der Waals surface area (Å²) in [6.45, 7) is 0.109. The van der Waals surface area contributed by atoms with Crippen LogP contribution in [0.1, 0.15) is 0 Å². The standard InChI is InChI=1S/C9H9Cl3N2O/c1-13-8(15)4-14-9-6(11)2-5(10)3-7(9)12/h2-3,14H,4H2,1H3,(H,13,15). The zero-order valence-electron chi connectivity index (χ0n) is 7.90. The van der Waals surface area contributed by atoms with Crippen LogP contribution in [0.4, 0.5) is 5.69 Å². The van der Waals surface area contributed by atoms with Crippen LogP contribution in [0.3, 0.4) is 0 Å². The van der Waals surface area contributed by atoms with Crippen LogP contribution >= 0.6 is 34.8 Å². The Morgan fingerprint density at radius 3 is 2.27 bits per heavy atom. The highest BCUT2D eigenvalue weighted by Gasteiger charge is 2.08. The van der Waals surface area contributed by atoms with Crippen molar-refractivity contribution < 1.29 is 4.79 Å². The second-order valence-electron chi connectivity index (χ2n) is 2.77. The van der Waals surface area contributed by atoms with E-state index in [9.17, 15) is 4.79 Å². The largest absolute Gasteiger partial charge is 0.374 e. The van der Waals surface area contributed by atoms with Gasteiger partial charge in [-0.15, -0.1) is 0 Å². The molecule has 82 valence electrons. The number of nitrogens with one attached hydrogen (secondary N) is 2. The van der Waals surface area contributed by atoms with Crippen molar-refractivity contribution in [3.05, 3.63) is 27.2 Å². The molecule has 3 nitrogen and oxygen atoms in total. The van der Waals surface area contributed by atoms with E-state index < -0.39 is 0 Å². The minimum Gasteiger partial charge on any atom is -0.374 e. The van der Waals surface area contributed by atoms with E-state index >= 15 is 0 Å². The highest BCUT2D eigenvalue weighted by atomic mass is 35.5. The highest BCUT2D eigenvalue weighted by molar-refractivity contribution is 6.41. The highest BCUT2D eigenvalue weighted by Crippen LogP contribution is 2.33. The predicted molar refractivity (Wildman–Crippen MR) is 64.0 cm³/mol. The topological polar surface area (TPSA) is 41.1 Å². The molecule has 0 radical (unpaired) electrons. The van der Waals surface area contributed by atoms with Crippen LogP contribution < -0.4 is 10.6 Å². The average molecular weight is 268 g/mol. The molecule has 0 aromatic heterocycles. The first-order valence-corrected chi connectivity index (χ1v) is 5.27. The van der Waals surface area contributed by atoms with Crippen molar-refractivity contribution in [2.24, 2.45) is 0 Å². The monoisotopic (exact) mass is 266 g/mol. The molecule has 2 N–H and O–H groups in total. The van der Waals surface area contributed by atoms with E-state index in [4.69, 9.17) is 34.8 Å². The molecule has 0 spiro atoms. The number of amides is 1. The minimum absolute atomic E-state index is 0.109. The number of hydrogen-bond acceptors (Lipinski definition) is 2. The van der Waals surface area contributed by atoms with Gasteiger partial charge in [-0.3, -0.25) is 4.79 Å². The predicted octanol–water partition coefficient (Wildman–Crippen LogP) is 2.80. The van der Waals surface area contributed by atoms with Gasteiger partial charge in [0.05, 0.1) is 22.3 Å². The van der Waals surface area contributed by atoms with Crippen molar-refractivity contribution in [2.45, 2.75) is 0 Å². The Morgan fingerprint density at radius 2 is 1.80 bits per heavy atom. The third-order valence-corrected chi connectivity index (χ3v) is 2.53. The molecule has 6 heteroatoms. The summed E-state index contributed by atoms with van der Waals surface area (Å²) in [7, 11) is 1.55. The fourth-order valence-electron chi connectivity index (χ4n) is 0.968. The zero-order chi connectivity index (χ0) is 11.4. The molecule has 0 atom stereocenters. The Balaban J connectivity index is 2.81. The number of benzene rings is 1. The van der Waals surface area contributed by atoms with E-state index in [1.54, 1.807) is 19.2 Å². The lowest BCUT2D eigenvalue weighted by Crippen LogP contribution is -2.26. The molecule has 1 rings (SSSR count). The number of anilines is 1. The van der Waals surface area contributed by atoms with Crippen LogP contribution in [0.15, 0.2) is 12.1 Å². The lowest BCUT2D eigenvalue weighted by atomic mass is 10.3. The molecule has 0 aliphatic carbocycles. The first kappa shape index (κ1) is 12.4. The van der Waals surface area contributed by atoms with Crippen molar-refractivity contribution in [2.75, 3.05) is 18.9 Å². The number of likely N-dealkylation sites (N-methyl/N-ethyl adjacent to an activating group) is 1. The molecule has 0 saturated carbocycles. The lowest BCUT2D eigenvalue weighted by Gasteiger charge is -2.09. The molecular weight excluding hydrogens is 258 g/mol. The van der Waals surface area contributed by atoms with Crippen molar-refractivity contribution in [1.29, 1.82) is 0 Å². The first-order chi connectivity index (χ1) is 7.04. The van der Waals surface area contributed by atoms with Crippen LogP contribution in [0.5, 0.6) is 0 Å². The summed E-state index contributed by atoms with van der Waals surface area (Å²) in [5.41, 5.74) is 0.506. The van der Waals surface area contributed by atoms with Gasteiger partial charge in [-0.25, -0.2) is 0 Å². The van der Waals surface area contributed by atoms with E-state index in [2.05, 4.69) is 10.6 Å². The van der Waals surface area contributed by atoms with Crippen molar-refractivity contribution in [1.82, 2.24) is 5.32 Å². The summed E-state index contributed by atoms with van der Waals surface area (Å²) < 4.78 is 0. The van der Waals surface area contributed by atoms with E-state index in [0.29, 0.717) is 20.8 Å². The average Bonchev–Trinajstić information content (AvgIpc) is 2.15. The number of halogens is 3. The maximum atomic E-state index is 11.0. The molecule has 0 unspecified atom stereocenters. The molecule has 1 aromatic carbocycles. The Hall–Kier alpha value is -0.640. The normalized spacial score (nSPS) is 9.87. The maximum absolute atomic E-state index is 11.0. The van der Waals surface area contributed by atoms with E-state index in [0.717, 1.165) is 0 Å². The van der Waals surface area contributed by atoms with Gasteiger partial charge in [-0.2, -0.15) is 0 Å². The van der Waals surface area contributed by atoms with Crippen molar-refractivity contribution >= 4 is 46.4 Å². The third kappa shape index (κ3) is 3.45. The first-order valence-electron chi connectivity index (χ1n) is 4.13. The van der Waals surface area contributed by atoms with E-state index in [1.807, 2.05) is 0 Å². The van der Waals surface area contributed by atoms with Gasteiger partial charge in [0.2, 0.25) is 5.91 Å². The molecule has 0 bridgehead atoms. The van der Waals surface area contributed by atoms with Crippen LogP contribution in [0.2, 0.25) is 15.1 Å². The third-order valence-electron chi connectivity index (χ3n) is 1.71. The van der Waals surface area contributed by atoms with Gasteiger partial charge < -0.3 is 10.6 Å². The number of carbonyl (C=O) groups excluding carboxylic acids is 1. The Kier molecular flexibility index (Phi) is 4.51. The summed E-state index contributed by atoms with van der Waals surface area (Å²) >= 11 is 17.5. The molecule has 0 aliphatic rings. The van der Waals surface area contributed by atoms with Gasteiger partial charge >= 0.3 is 0 Å². The SMILES string of the molecule is CNC(=O)CNc1c(Cl)cc(Cl)cc1Cl. The summed E-state index contributed by atoms with van der Waals surface area (Å²) in [4.78, 5) is 11.0. The Morgan fingerprint density at radius 1 is 1.27 bits per heavy atom. The summed E-state index contributed by atoms with van der Waals surface area (Å²) in [5.74, 6) is -0.155. The number of carbonyl (C=O) groups is 1.